The van der Waals surface area contributed by atoms with Crippen LogP contribution in [0.5, 0.6) is 0 Å². The third kappa shape index (κ3) is 4.01. The summed E-state index contributed by atoms with van der Waals surface area (Å²) in [5, 5.41) is 1.90. The van der Waals surface area contributed by atoms with Crippen LogP contribution < -0.4 is 4.72 Å². The quantitative estimate of drug-likeness (QED) is 0.298. The summed E-state index contributed by atoms with van der Waals surface area (Å²) in [5.41, 5.74) is 1.21. The topological polar surface area (TPSA) is 85.6 Å². The van der Waals surface area contributed by atoms with Crippen LogP contribution >= 0.6 is 0 Å². The number of ether oxygens (including phenoxy) is 1. The van der Waals surface area contributed by atoms with Crippen molar-refractivity contribution in [3.63, 3.8) is 0 Å². The molecule has 0 aliphatic heterocycles. The second-order valence-electron chi connectivity index (χ2n) is 7.29. The van der Waals surface area contributed by atoms with Crippen molar-refractivity contribution < 1.29 is 22.4 Å². The van der Waals surface area contributed by atoms with E-state index in [-0.39, 0.29) is 4.90 Å². The zero-order valence-electron chi connectivity index (χ0n) is 17.3. The van der Waals surface area contributed by atoms with Crippen molar-refractivity contribution in [1.82, 2.24) is 0 Å². The molecule has 4 rings (SSSR count). The van der Waals surface area contributed by atoms with Gasteiger partial charge < -0.3 is 9.15 Å². The standard InChI is InChI=1S/C24H23NO5S/c1-3-4-14-29-24(26)22-16(2)30-23-19-13-9-8-12-18(19)21(15-20(22)23)25-31(27,28)17-10-6-5-7-11-17/h5-13,15,25H,3-4,14H2,1-2H3. The Hall–Kier alpha value is -3.32. The Bertz CT molecular complexity index is 1360. The molecule has 0 radical (unpaired) electrons. The minimum Gasteiger partial charge on any atom is -0.462 e. The van der Waals surface area contributed by atoms with Gasteiger partial charge in [0.15, 0.2) is 0 Å². The van der Waals surface area contributed by atoms with Crippen molar-refractivity contribution in [3.8, 4) is 0 Å². The van der Waals surface area contributed by atoms with Gasteiger partial charge in [-0.3, -0.25) is 4.72 Å². The van der Waals surface area contributed by atoms with Crippen LogP contribution in [0.1, 0.15) is 35.9 Å². The van der Waals surface area contributed by atoms with Crippen LogP contribution in [0.15, 0.2) is 70.0 Å². The van der Waals surface area contributed by atoms with Gasteiger partial charge in [-0.2, -0.15) is 0 Å². The van der Waals surface area contributed by atoms with Gasteiger partial charge in [0, 0.05) is 16.2 Å². The number of aryl methyl sites for hydroxylation is 1. The van der Waals surface area contributed by atoms with Gasteiger partial charge in [-0.1, -0.05) is 55.8 Å². The fourth-order valence-corrected chi connectivity index (χ4v) is 4.65. The van der Waals surface area contributed by atoms with Gasteiger partial charge in [0.2, 0.25) is 0 Å². The number of rotatable bonds is 7. The van der Waals surface area contributed by atoms with Crippen molar-refractivity contribution in [2.45, 2.75) is 31.6 Å². The molecule has 31 heavy (non-hydrogen) atoms. The summed E-state index contributed by atoms with van der Waals surface area (Å²) in [5.74, 6) is -0.0402. The zero-order valence-corrected chi connectivity index (χ0v) is 18.2. The van der Waals surface area contributed by atoms with E-state index in [1.165, 1.54) is 12.1 Å². The second-order valence-corrected chi connectivity index (χ2v) is 8.97. The minimum atomic E-state index is -3.81. The number of esters is 1. The molecule has 3 aromatic carbocycles. The third-order valence-corrected chi connectivity index (χ3v) is 6.49. The van der Waals surface area contributed by atoms with E-state index >= 15 is 0 Å². The second kappa shape index (κ2) is 8.43. The molecular weight excluding hydrogens is 414 g/mol. The van der Waals surface area contributed by atoms with Gasteiger partial charge in [0.1, 0.15) is 16.9 Å². The summed E-state index contributed by atoms with van der Waals surface area (Å²) >= 11 is 0. The monoisotopic (exact) mass is 437 g/mol. The predicted octanol–water partition coefficient (Wildman–Crippen LogP) is 5.65. The molecule has 0 unspecified atom stereocenters. The van der Waals surface area contributed by atoms with Crippen LogP contribution in [0.2, 0.25) is 0 Å². The summed E-state index contributed by atoms with van der Waals surface area (Å²) in [4.78, 5) is 12.9. The molecule has 0 bridgehead atoms. The lowest BCUT2D eigenvalue weighted by molar-refractivity contribution is 0.0500. The van der Waals surface area contributed by atoms with Gasteiger partial charge in [0.25, 0.3) is 10.0 Å². The molecule has 0 amide bonds. The fourth-order valence-electron chi connectivity index (χ4n) is 3.56. The van der Waals surface area contributed by atoms with Gasteiger partial charge in [-0.25, -0.2) is 13.2 Å². The van der Waals surface area contributed by atoms with Crippen LogP contribution in [0.3, 0.4) is 0 Å². The first kappa shape index (κ1) is 20.9. The van der Waals surface area contributed by atoms with E-state index in [1.807, 2.05) is 31.2 Å². The maximum atomic E-state index is 13.0. The number of anilines is 1. The molecule has 1 N–H and O–H groups in total. The Morgan fingerprint density at radius 2 is 1.68 bits per heavy atom. The van der Waals surface area contributed by atoms with E-state index in [0.717, 1.165) is 12.8 Å². The highest BCUT2D eigenvalue weighted by molar-refractivity contribution is 7.92. The van der Waals surface area contributed by atoms with Crippen LogP contribution in [0, 0.1) is 6.92 Å². The van der Waals surface area contributed by atoms with E-state index < -0.39 is 16.0 Å². The molecule has 0 atom stereocenters. The molecule has 7 heteroatoms. The number of nitrogens with one attached hydrogen (secondary N) is 1. The first-order chi connectivity index (χ1) is 14.9. The van der Waals surface area contributed by atoms with Crippen molar-refractivity contribution >= 4 is 43.4 Å². The zero-order chi connectivity index (χ0) is 22.0. The molecule has 1 heterocycles. The van der Waals surface area contributed by atoms with Crippen molar-refractivity contribution in [3.05, 3.63) is 72.0 Å². The first-order valence-corrected chi connectivity index (χ1v) is 11.6. The number of sulfonamides is 1. The number of benzene rings is 3. The molecule has 160 valence electrons. The molecule has 0 spiro atoms. The van der Waals surface area contributed by atoms with Gasteiger partial charge in [-0.15, -0.1) is 0 Å². The maximum absolute atomic E-state index is 13.0. The summed E-state index contributed by atoms with van der Waals surface area (Å²) < 4.78 is 39.9. The number of hydrogen-bond acceptors (Lipinski definition) is 5. The number of furan rings is 1. The number of fused-ring (bicyclic) bond motifs is 3. The van der Waals surface area contributed by atoms with Crippen LogP contribution in [0.4, 0.5) is 5.69 Å². The van der Waals surface area contributed by atoms with Crippen molar-refractivity contribution in [2.24, 2.45) is 0 Å². The number of hydrogen-bond donors (Lipinski definition) is 1. The normalized spacial score (nSPS) is 11.7. The molecule has 0 fully saturated rings. The molecule has 6 nitrogen and oxygen atoms in total. The number of carbonyl (C=O) groups is 1. The Balaban J connectivity index is 1.87. The van der Waals surface area contributed by atoms with Crippen molar-refractivity contribution in [2.75, 3.05) is 11.3 Å². The average molecular weight is 438 g/mol. The molecule has 1 aromatic heterocycles. The predicted molar refractivity (Wildman–Crippen MR) is 121 cm³/mol. The summed E-state index contributed by atoms with van der Waals surface area (Å²) in [6, 6.07) is 17.1. The van der Waals surface area contributed by atoms with Crippen LogP contribution in [-0.4, -0.2) is 21.0 Å². The summed E-state index contributed by atoms with van der Waals surface area (Å²) in [7, 11) is -3.81. The summed E-state index contributed by atoms with van der Waals surface area (Å²) in [6.45, 7) is 4.05. The number of unbranched alkanes of at least 4 members (excludes halogenated alkanes) is 1. The Kier molecular flexibility index (Phi) is 5.69. The molecule has 0 aliphatic carbocycles. The van der Waals surface area contributed by atoms with Crippen LogP contribution in [-0.2, 0) is 14.8 Å². The van der Waals surface area contributed by atoms with E-state index in [9.17, 15) is 13.2 Å². The molecule has 0 saturated carbocycles. The maximum Gasteiger partial charge on any atom is 0.342 e. The lowest BCUT2D eigenvalue weighted by atomic mass is 10.0. The summed E-state index contributed by atoms with van der Waals surface area (Å²) in [6.07, 6.45) is 1.68. The van der Waals surface area contributed by atoms with Gasteiger partial charge >= 0.3 is 5.97 Å². The van der Waals surface area contributed by atoms with E-state index in [2.05, 4.69) is 4.72 Å². The van der Waals surface area contributed by atoms with Crippen molar-refractivity contribution in [1.29, 1.82) is 0 Å². The smallest absolute Gasteiger partial charge is 0.342 e. The first-order valence-electron chi connectivity index (χ1n) is 10.1. The lowest BCUT2D eigenvalue weighted by Crippen LogP contribution is -2.13. The molecular formula is C24H23NO5S. The largest absolute Gasteiger partial charge is 0.462 e. The highest BCUT2D eigenvalue weighted by Crippen LogP contribution is 2.37. The van der Waals surface area contributed by atoms with Gasteiger partial charge in [0.05, 0.1) is 17.2 Å². The molecule has 0 aliphatic rings. The highest BCUT2D eigenvalue weighted by Gasteiger charge is 2.24. The average Bonchev–Trinajstić information content (AvgIpc) is 3.10. The lowest BCUT2D eigenvalue weighted by Gasteiger charge is -2.12. The SMILES string of the molecule is CCCCOC(=O)c1c(C)oc2c1cc(NS(=O)(=O)c1ccccc1)c1ccccc12. The van der Waals surface area contributed by atoms with E-state index in [0.29, 0.717) is 45.4 Å². The van der Waals surface area contributed by atoms with Gasteiger partial charge in [-0.05, 0) is 31.5 Å². The van der Waals surface area contributed by atoms with Crippen LogP contribution in [0.25, 0.3) is 21.7 Å². The minimum absolute atomic E-state index is 0.154. The Morgan fingerprint density at radius 3 is 2.39 bits per heavy atom. The third-order valence-electron chi connectivity index (χ3n) is 5.10. The van der Waals surface area contributed by atoms with E-state index in [1.54, 1.807) is 31.2 Å². The fraction of sp³-hybridized carbons (Fsp3) is 0.208. The number of carbonyl (C=O) groups excluding carboxylic acids is 1. The highest BCUT2D eigenvalue weighted by atomic mass is 32.2. The molecule has 0 saturated heterocycles. The Morgan fingerprint density at radius 1 is 1.00 bits per heavy atom. The molecule has 4 aromatic rings. The van der Waals surface area contributed by atoms with E-state index in [4.69, 9.17) is 9.15 Å². The Labute approximate surface area is 180 Å².